The smallest absolute Gasteiger partial charge is 0.0701 e. The van der Waals surface area contributed by atoms with Crippen LogP contribution in [0, 0.1) is 11.8 Å². The fourth-order valence-electron chi connectivity index (χ4n) is 2.30. The Morgan fingerprint density at radius 1 is 1.60 bits per heavy atom. The van der Waals surface area contributed by atoms with Crippen LogP contribution in [0.3, 0.4) is 0 Å². The first-order chi connectivity index (χ1) is 6.98. The second kappa shape index (κ2) is 4.19. The summed E-state index contributed by atoms with van der Waals surface area (Å²) in [5.74, 6) is 1.43. The van der Waals surface area contributed by atoms with Crippen molar-refractivity contribution in [2.24, 2.45) is 11.8 Å². The Kier molecular flexibility index (Phi) is 3.25. The van der Waals surface area contributed by atoms with Crippen LogP contribution in [-0.2, 0) is 6.42 Å². The first kappa shape index (κ1) is 11.6. The van der Waals surface area contributed by atoms with Crippen LogP contribution >= 0.6 is 27.3 Å². The van der Waals surface area contributed by atoms with Crippen LogP contribution in [-0.4, -0.2) is 10.7 Å². The van der Waals surface area contributed by atoms with Gasteiger partial charge in [-0.1, -0.05) is 13.8 Å². The van der Waals surface area contributed by atoms with E-state index in [9.17, 15) is 5.11 Å². The molecule has 3 heteroatoms. The Balaban J connectivity index is 1.91. The van der Waals surface area contributed by atoms with Crippen molar-refractivity contribution in [3.8, 4) is 0 Å². The third-order valence-electron chi connectivity index (χ3n) is 3.35. The van der Waals surface area contributed by atoms with Crippen LogP contribution in [0.25, 0.3) is 0 Å². The SMILES string of the molecule is CC(C)C1CC(O)(Cc2cc(Br)cs2)C1. The molecule has 15 heavy (non-hydrogen) atoms. The van der Waals surface area contributed by atoms with E-state index in [-0.39, 0.29) is 0 Å². The van der Waals surface area contributed by atoms with Gasteiger partial charge in [0.2, 0.25) is 0 Å². The first-order valence-electron chi connectivity index (χ1n) is 5.44. The van der Waals surface area contributed by atoms with E-state index in [0.29, 0.717) is 5.92 Å². The molecule has 0 saturated heterocycles. The predicted molar refractivity (Wildman–Crippen MR) is 68.2 cm³/mol. The Bertz CT molecular complexity index is 339. The van der Waals surface area contributed by atoms with Crippen LogP contribution in [0.4, 0.5) is 0 Å². The van der Waals surface area contributed by atoms with Crippen molar-refractivity contribution in [2.75, 3.05) is 0 Å². The molecule has 0 amide bonds. The largest absolute Gasteiger partial charge is 0.389 e. The molecular weight excluding hydrogens is 272 g/mol. The lowest BCUT2D eigenvalue weighted by molar-refractivity contribution is -0.0854. The van der Waals surface area contributed by atoms with Gasteiger partial charge in [0.15, 0.2) is 0 Å². The summed E-state index contributed by atoms with van der Waals surface area (Å²) in [5.41, 5.74) is -0.417. The Labute approximate surface area is 104 Å². The molecule has 1 aromatic rings. The summed E-state index contributed by atoms with van der Waals surface area (Å²) in [6, 6.07) is 2.12. The zero-order chi connectivity index (χ0) is 11.1. The van der Waals surface area contributed by atoms with Gasteiger partial charge in [-0.05, 0) is 46.7 Å². The summed E-state index contributed by atoms with van der Waals surface area (Å²) in [6.07, 6.45) is 2.77. The van der Waals surface area contributed by atoms with Gasteiger partial charge in [-0.2, -0.15) is 0 Å². The number of rotatable bonds is 3. The number of hydrogen-bond acceptors (Lipinski definition) is 2. The van der Waals surface area contributed by atoms with Crippen molar-refractivity contribution in [3.05, 3.63) is 20.8 Å². The third kappa shape index (κ3) is 2.63. The molecule has 1 aromatic heterocycles. The van der Waals surface area contributed by atoms with E-state index < -0.39 is 5.60 Å². The highest BCUT2D eigenvalue weighted by atomic mass is 79.9. The molecular formula is C12H17BrOS. The van der Waals surface area contributed by atoms with E-state index in [1.807, 2.05) is 0 Å². The quantitative estimate of drug-likeness (QED) is 0.896. The van der Waals surface area contributed by atoms with Crippen molar-refractivity contribution < 1.29 is 5.11 Å². The molecule has 84 valence electrons. The molecule has 0 bridgehead atoms. The minimum Gasteiger partial charge on any atom is -0.389 e. The average molecular weight is 289 g/mol. The van der Waals surface area contributed by atoms with Crippen LogP contribution in [0.1, 0.15) is 31.6 Å². The van der Waals surface area contributed by atoms with Gasteiger partial charge in [0.1, 0.15) is 0 Å². The molecule has 1 saturated carbocycles. The van der Waals surface area contributed by atoms with Gasteiger partial charge in [-0.15, -0.1) is 11.3 Å². The summed E-state index contributed by atoms with van der Waals surface area (Å²) in [4.78, 5) is 1.28. The molecule has 0 unspecified atom stereocenters. The second-order valence-electron chi connectivity index (χ2n) is 5.04. The van der Waals surface area contributed by atoms with Crippen molar-refractivity contribution in [2.45, 2.75) is 38.7 Å². The molecule has 0 aromatic carbocycles. The molecule has 1 N–H and O–H groups in total. The van der Waals surface area contributed by atoms with Crippen molar-refractivity contribution in [3.63, 3.8) is 0 Å². The van der Waals surface area contributed by atoms with Crippen LogP contribution < -0.4 is 0 Å². The summed E-state index contributed by atoms with van der Waals surface area (Å²) in [6.45, 7) is 4.48. The average Bonchev–Trinajstić information content (AvgIpc) is 2.46. The standard InChI is InChI=1S/C12H17BrOS/c1-8(2)9-4-12(14,5-9)6-11-3-10(13)7-15-11/h3,7-9,14H,4-6H2,1-2H3. The summed E-state index contributed by atoms with van der Waals surface area (Å²) >= 11 is 5.17. The summed E-state index contributed by atoms with van der Waals surface area (Å²) in [5, 5.41) is 12.4. The zero-order valence-corrected chi connectivity index (χ0v) is 11.6. The molecule has 0 spiro atoms. The van der Waals surface area contributed by atoms with Crippen molar-refractivity contribution >= 4 is 27.3 Å². The van der Waals surface area contributed by atoms with E-state index >= 15 is 0 Å². The monoisotopic (exact) mass is 288 g/mol. The Morgan fingerprint density at radius 3 is 2.73 bits per heavy atom. The molecule has 1 aliphatic rings. The molecule has 0 radical (unpaired) electrons. The molecule has 1 fully saturated rings. The fourth-order valence-corrected chi connectivity index (χ4v) is 3.89. The van der Waals surface area contributed by atoms with E-state index in [2.05, 4.69) is 41.2 Å². The lowest BCUT2D eigenvalue weighted by Crippen LogP contribution is -2.47. The van der Waals surface area contributed by atoms with E-state index in [1.54, 1.807) is 11.3 Å². The molecule has 1 heterocycles. The van der Waals surface area contributed by atoms with E-state index in [4.69, 9.17) is 0 Å². The maximum Gasteiger partial charge on any atom is 0.0701 e. The van der Waals surface area contributed by atoms with Gasteiger partial charge >= 0.3 is 0 Å². The number of halogens is 1. The lowest BCUT2D eigenvalue weighted by Gasteiger charge is -2.45. The van der Waals surface area contributed by atoms with Gasteiger partial charge in [0.25, 0.3) is 0 Å². The zero-order valence-electron chi connectivity index (χ0n) is 9.16. The first-order valence-corrected chi connectivity index (χ1v) is 7.11. The maximum absolute atomic E-state index is 10.3. The van der Waals surface area contributed by atoms with Crippen LogP contribution in [0.2, 0.25) is 0 Å². The highest BCUT2D eigenvalue weighted by Crippen LogP contribution is 2.44. The topological polar surface area (TPSA) is 20.2 Å². The van der Waals surface area contributed by atoms with E-state index in [1.165, 1.54) is 4.88 Å². The summed E-state index contributed by atoms with van der Waals surface area (Å²) in [7, 11) is 0. The molecule has 1 aliphatic carbocycles. The highest BCUT2D eigenvalue weighted by Gasteiger charge is 2.43. The fraction of sp³-hybridized carbons (Fsp3) is 0.667. The van der Waals surface area contributed by atoms with Crippen LogP contribution in [0.5, 0.6) is 0 Å². The second-order valence-corrected chi connectivity index (χ2v) is 6.96. The molecule has 2 rings (SSSR count). The predicted octanol–water partition coefficient (Wildman–Crippen LogP) is 3.85. The summed E-state index contributed by atoms with van der Waals surface area (Å²) < 4.78 is 1.13. The highest BCUT2D eigenvalue weighted by molar-refractivity contribution is 9.10. The Morgan fingerprint density at radius 2 is 2.27 bits per heavy atom. The third-order valence-corrected chi connectivity index (χ3v) is 5.05. The number of thiophene rings is 1. The van der Waals surface area contributed by atoms with Gasteiger partial charge in [-0.25, -0.2) is 0 Å². The number of hydrogen-bond donors (Lipinski definition) is 1. The molecule has 0 aliphatic heterocycles. The van der Waals surface area contributed by atoms with Gasteiger partial charge < -0.3 is 5.11 Å². The molecule has 1 nitrogen and oxygen atoms in total. The van der Waals surface area contributed by atoms with Gasteiger partial charge in [0, 0.05) is 21.2 Å². The minimum absolute atomic E-state index is 0.417. The maximum atomic E-state index is 10.3. The van der Waals surface area contributed by atoms with Crippen LogP contribution in [0.15, 0.2) is 15.9 Å². The molecule has 0 atom stereocenters. The van der Waals surface area contributed by atoms with E-state index in [0.717, 1.165) is 29.7 Å². The Hall–Kier alpha value is 0.140. The van der Waals surface area contributed by atoms with Crippen molar-refractivity contribution in [1.29, 1.82) is 0 Å². The minimum atomic E-state index is -0.417. The van der Waals surface area contributed by atoms with Gasteiger partial charge in [0.05, 0.1) is 5.60 Å². The number of aliphatic hydroxyl groups is 1. The normalized spacial score (nSPS) is 30.6. The van der Waals surface area contributed by atoms with Crippen molar-refractivity contribution in [1.82, 2.24) is 0 Å². The van der Waals surface area contributed by atoms with Gasteiger partial charge in [-0.3, -0.25) is 0 Å². The lowest BCUT2D eigenvalue weighted by atomic mass is 9.65.